The number of aryl methyl sites for hydroxylation is 2. The summed E-state index contributed by atoms with van der Waals surface area (Å²) in [7, 11) is 2.18. The molecule has 0 aliphatic carbocycles. The van der Waals surface area contributed by atoms with Crippen molar-refractivity contribution in [1.82, 2.24) is 5.32 Å². The predicted octanol–water partition coefficient (Wildman–Crippen LogP) is 3.59. The van der Waals surface area contributed by atoms with E-state index in [0.717, 1.165) is 26.1 Å². The quantitative estimate of drug-likeness (QED) is 0.924. The summed E-state index contributed by atoms with van der Waals surface area (Å²) in [4.78, 5) is 2.34. The van der Waals surface area contributed by atoms with Crippen LogP contribution in [0, 0.1) is 13.8 Å². The van der Waals surface area contributed by atoms with E-state index in [9.17, 15) is 0 Å². The summed E-state index contributed by atoms with van der Waals surface area (Å²) >= 11 is 0. The number of rotatable bonds is 3. The molecular weight excluding hydrogens is 256 g/mol. The van der Waals surface area contributed by atoms with Crippen LogP contribution in [0.2, 0.25) is 0 Å². The van der Waals surface area contributed by atoms with Crippen LogP contribution in [0.25, 0.3) is 0 Å². The highest BCUT2D eigenvalue weighted by Gasteiger charge is 2.10. The van der Waals surface area contributed by atoms with Crippen LogP contribution < -0.4 is 10.2 Å². The van der Waals surface area contributed by atoms with Crippen molar-refractivity contribution in [3.63, 3.8) is 0 Å². The van der Waals surface area contributed by atoms with Gasteiger partial charge in [0.15, 0.2) is 0 Å². The van der Waals surface area contributed by atoms with Gasteiger partial charge in [0, 0.05) is 25.8 Å². The zero-order valence-corrected chi connectivity index (χ0v) is 13.2. The molecule has 0 amide bonds. The average Bonchev–Trinajstić information content (AvgIpc) is 2.47. The molecular formula is C19H24N2. The Hall–Kier alpha value is -1.80. The van der Waals surface area contributed by atoms with Gasteiger partial charge in [-0.05, 0) is 55.1 Å². The molecule has 0 bridgehead atoms. The first-order chi connectivity index (χ1) is 10.1. The maximum Gasteiger partial charge on any atom is 0.0426 e. The van der Waals surface area contributed by atoms with Gasteiger partial charge in [-0.25, -0.2) is 0 Å². The van der Waals surface area contributed by atoms with Crippen molar-refractivity contribution in [1.29, 1.82) is 0 Å². The number of anilines is 1. The molecule has 2 heteroatoms. The van der Waals surface area contributed by atoms with Gasteiger partial charge >= 0.3 is 0 Å². The Morgan fingerprint density at radius 3 is 2.71 bits per heavy atom. The second-order valence-corrected chi connectivity index (χ2v) is 6.18. The van der Waals surface area contributed by atoms with Crippen LogP contribution >= 0.6 is 0 Å². The summed E-state index contributed by atoms with van der Waals surface area (Å²) in [5.74, 6) is 0. The third kappa shape index (κ3) is 3.11. The van der Waals surface area contributed by atoms with E-state index in [0.29, 0.717) is 0 Å². The smallest absolute Gasteiger partial charge is 0.0426 e. The number of nitrogens with zero attached hydrogens (tertiary/aromatic N) is 1. The monoisotopic (exact) mass is 280 g/mol. The first kappa shape index (κ1) is 14.2. The van der Waals surface area contributed by atoms with E-state index < -0.39 is 0 Å². The highest BCUT2D eigenvalue weighted by molar-refractivity contribution is 5.54. The number of benzene rings is 2. The van der Waals surface area contributed by atoms with Crippen molar-refractivity contribution >= 4 is 5.69 Å². The molecule has 0 saturated carbocycles. The lowest BCUT2D eigenvalue weighted by Crippen LogP contribution is -2.24. The molecule has 0 atom stereocenters. The van der Waals surface area contributed by atoms with Crippen molar-refractivity contribution < 1.29 is 0 Å². The highest BCUT2D eigenvalue weighted by Crippen LogP contribution is 2.23. The van der Waals surface area contributed by atoms with Gasteiger partial charge < -0.3 is 10.2 Å². The fourth-order valence-electron chi connectivity index (χ4n) is 3.22. The van der Waals surface area contributed by atoms with E-state index in [1.165, 1.54) is 33.5 Å². The van der Waals surface area contributed by atoms with Crippen LogP contribution in [0.1, 0.15) is 27.8 Å². The lowest BCUT2D eigenvalue weighted by Gasteiger charge is -2.23. The maximum absolute atomic E-state index is 3.45. The Morgan fingerprint density at radius 2 is 1.90 bits per heavy atom. The SMILES string of the molecule is Cc1ccc(N(C)Cc2ccc3c(c2)CNCC3)c(C)c1. The predicted molar refractivity (Wildman–Crippen MR) is 89.9 cm³/mol. The zero-order valence-electron chi connectivity index (χ0n) is 13.2. The molecule has 1 aliphatic rings. The molecule has 2 aromatic carbocycles. The third-order valence-electron chi connectivity index (χ3n) is 4.34. The molecule has 21 heavy (non-hydrogen) atoms. The van der Waals surface area contributed by atoms with Gasteiger partial charge in [-0.3, -0.25) is 0 Å². The Balaban J connectivity index is 1.79. The molecule has 0 aromatic heterocycles. The Morgan fingerprint density at radius 1 is 1.05 bits per heavy atom. The fourth-order valence-corrected chi connectivity index (χ4v) is 3.22. The molecule has 0 fully saturated rings. The molecule has 2 nitrogen and oxygen atoms in total. The molecule has 0 radical (unpaired) electrons. The van der Waals surface area contributed by atoms with Gasteiger partial charge in [-0.15, -0.1) is 0 Å². The lowest BCUT2D eigenvalue weighted by atomic mass is 9.98. The molecule has 1 heterocycles. The third-order valence-corrected chi connectivity index (χ3v) is 4.34. The summed E-state index contributed by atoms with van der Waals surface area (Å²) in [6.07, 6.45) is 1.16. The van der Waals surface area contributed by atoms with E-state index >= 15 is 0 Å². The van der Waals surface area contributed by atoms with Gasteiger partial charge in [0.25, 0.3) is 0 Å². The van der Waals surface area contributed by atoms with Gasteiger partial charge in [0.1, 0.15) is 0 Å². The zero-order chi connectivity index (χ0) is 14.8. The van der Waals surface area contributed by atoms with Crippen molar-refractivity contribution in [3.05, 3.63) is 64.2 Å². The van der Waals surface area contributed by atoms with Crippen LogP contribution in [0.5, 0.6) is 0 Å². The molecule has 0 saturated heterocycles. The van der Waals surface area contributed by atoms with Crippen LogP contribution in [0.15, 0.2) is 36.4 Å². The minimum absolute atomic E-state index is 0.956. The molecule has 2 aromatic rings. The van der Waals surface area contributed by atoms with E-state index in [2.05, 4.69) is 67.5 Å². The van der Waals surface area contributed by atoms with Crippen molar-refractivity contribution in [2.75, 3.05) is 18.5 Å². The topological polar surface area (TPSA) is 15.3 Å². The Bertz CT molecular complexity index is 646. The number of fused-ring (bicyclic) bond motifs is 1. The van der Waals surface area contributed by atoms with Gasteiger partial charge in [-0.2, -0.15) is 0 Å². The summed E-state index contributed by atoms with van der Waals surface area (Å²) in [6, 6.07) is 13.6. The number of nitrogens with one attached hydrogen (secondary N) is 1. The van der Waals surface area contributed by atoms with Crippen LogP contribution in [0.4, 0.5) is 5.69 Å². The fraction of sp³-hybridized carbons (Fsp3) is 0.368. The first-order valence-corrected chi connectivity index (χ1v) is 7.73. The highest BCUT2D eigenvalue weighted by atomic mass is 15.1. The molecule has 0 unspecified atom stereocenters. The van der Waals surface area contributed by atoms with E-state index in [-0.39, 0.29) is 0 Å². The van der Waals surface area contributed by atoms with E-state index in [1.807, 2.05) is 0 Å². The van der Waals surface area contributed by atoms with Gasteiger partial charge in [0.2, 0.25) is 0 Å². The van der Waals surface area contributed by atoms with Crippen molar-refractivity contribution in [3.8, 4) is 0 Å². The standard InChI is InChI=1S/C19H24N2/c1-14-4-7-19(15(2)10-14)21(3)13-16-5-6-17-8-9-20-12-18(17)11-16/h4-7,10-11,20H,8-9,12-13H2,1-3H3. The lowest BCUT2D eigenvalue weighted by molar-refractivity contribution is 0.642. The molecule has 0 spiro atoms. The van der Waals surface area contributed by atoms with Gasteiger partial charge in [0.05, 0.1) is 0 Å². The average molecular weight is 280 g/mol. The summed E-state index contributed by atoms with van der Waals surface area (Å²) < 4.78 is 0. The minimum atomic E-state index is 0.956. The largest absolute Gasteiger partial charge is 0.370 e. The Labute approximate surface area is 127 Å². The summed E-state index contributed by atoms with van der Waals surface area (Å²) in [6.45, 7) is 7.41. The second kappa shape index (κ2) is 5.90. The summed E-state index contributed by atoms with van der Waals surface area (Å²) in [5, 5.41) is 3.45. The summed E-state index contributed by atoms with van der Waals surface area (Å²) in [5.41, 5.74) is 8.34. The van der Waals surface area contributed by atoms with E-state index in [4.69, 9.17) is 0 Å². The maximum atomic E-state index is 3.45. The second-order valence-electron chi connectivity index (χ2n) is 6.18. The van der Waals surface area contributed by atoms with Crippen molar-refractivity contribution in [2.24, 2.45) is 0 Å². The minimum Gasteiger partial charge on any atom is -0.370 e. The molecule has 3 rings (SSSR count). The Kier molecular flexibility index (Phi) is 3.98. The van der Waals surface area contributed by atoms with Crippen LogP contribution in [-0.4, -0.2) is 13.6 Å². The van der Waals surface area contributed by atoms with E-state index in [1.54, 1.807) is 0 Å². The number of hydrogen-bond acceptors (Lipinski definition) is 2. The molecule has 1 N–H and O–H groups in total. The molecule has 110 valence electrons. The number of hydrogen-bond donors (Lipinski definition) is 1. The normalized spacial score (nSPS) is 13.9. The van der Waals surface area contributed by atoms with Crippen LogP contribution in [0.3, 0.4) is 0 Å². The molecule has 1 aliphatic heterocycles. The van der Waals surface area contributed by atoms with Crippen molar-refractivity contribution in [2.45, 2.75) is 33.4 Å². The first-order valence-electron chi connectivity index (χ1n) is 7.73. The van der Waals surface area contributed by atoms with Crippen LogP contribution in [-0.2, 0) is 19.5 Å². The van der Waals surface area contributed by atoms with Gasteiger partial charge in [-0.1, -0.05) is 35.9 Å².